The predicted octanol–water partition coefficient (Wildman–Crippen LogP) is 10.5. The van der Waals surface area contributed by atoms with Gasteiger partial charge in [0.2, 0.25) is 0 Å². The maximum atomic E-state index is 9.78. The number of methoxy groups -OCH3 is 4. The van der Waals surface area contributed by atoms with E-state index in [1.807, 2.05) is 0 Å². The van der Waals surface area contributed by atoms with E-state index in [-0.39, 0.29) is 29.5 Å². The van der Waals surface area contributed by atoms with Crippen LogP contribution in [0, 0.1) is 0 Å². The summed E-state index contributed by atoms with van der Waals surface area (Å²) in [4.78, 5) is 2.29. The zero-order valence-electron chi connectivity index (χ0n) is 33.3. The first kappa shape index (κ1) is 45.8. The van der Waals surface area contributed by atoms with Crippen LogP contribution in [0.15, 0.2) is 50.7 Å². The maximum absolute atomic E-state index is 9.78. The van der Waals surface area contributed by atoms with Crippen molar-refractivity contribution in [3.05, 3.63) is 90.9 Å². The molecular weight excluding hydrogens is 744 g/mol. The van der Waals surface area contributed by atoms with E-state index in [1.165, 1.54) is 27.8 Å². The van der Waals surface area contributed by atoms with Crippen molar-refractivity contribution in [1.29, 1.82) is 0 Å². The van der Waals surface area contributed by atoms with Crippen LogP contribution in [-0.4, -0.2) is 51.9 Å². The number of rotatable bonds is 15. The average Bonchev–Trinajstić information content (AvgIpc) is 3.02. The van der Waals surface area contributed by atoms with E-state index in [0.717, 1.165) is 36.5 Å². The third-order valence-electron chi connectivity index (χ3n) is 8.48. The Morgan fingerprint density at radius 2 is 0.725 bits per heavy atom. The molecule has 0 spiro atoms. The van der Waals surface area contributed by atoms with Crippen LogP contribution in [0.4, 0.5) is 0 Å². The van der Waals surface area contributed by atoms with Gasteiger partial charge in [-0.25, -0.2) is 0 Å². The Labute approximate surface area is 325 Å². The lowest BCUT2D eigenvalue weighted by Gasteiger charge is -2.25. The summed E-state index contributed by atoms with van der Waals surface area (Å²) in [5.41, 5.74) is 10.8. The minimum Gasteiger partial charge on any atom is -0.396 e. The molecule has 6 nitrogen and oxygen atoms in total. The fourth-order valence-corrected chi connectivity index (χ4v) is 8.91. The topological polar surface area (TPSA) is 77.4 Å². The molecule has 0 aliphatic carbocycles. The van der Waals surface area contributed by atoms with E-state index in [0.29, 0.717) is 39.3 Å². The molecule has 0 aromatic heterocycles. The van der Waals surface area contributed by atoms with Gasteiger partial charge < -0.3 is 29.2 Å². The van der Waals surface area contributed by atoms with Gasteiger partial charge in [-0.3, -0.25) is 0 Å². The molecule has 286 valence electrons. The molecule has 0 radical (unpaired) electrons. The Bertz CT molecular complexity index is 1380. The minimum absolute atomic E-state index is 0.00912. The molecular formula is C42H63BrO6S2. The third-order valence-corrected chi connectivity index (χ3v) is 12.2. The molecule has 0 heterocycles. The lowest BCUT2D eigenvalue weighted by Crippen LogP contribution is -2.14. The molecule has 0 fully saturated rings. The third kappa shape index (κ3) is 13.8. The Morgan fingerprint density at radius 3 is 1.00 bits per heavy atom. The Morgan fingerprint density at radius 1 is 0.471 bits per heavy atom. The second-order valence-electron chi connectivity index (χ2n) is 16.0. The quantitative estimate of drug-likeness (QED) is 0.147. The Kier molecular flexibility index (Phi) is 18.7. The summed E-state index contributed by atoms with van der Waals surface area (Å²) in [5, 5.41) is 19.6. The molecule has 0 unspecified atom stereocenters. The molecule has 51 heavy (non-hydrogen) atoms. The highest BCUT2D eigenvalue weighted by molar-refractivity contribution is 9.10. The molecule has 0 amide bonds. The summed E-state index contributed by atoms with van der Waals surface area (Å²) >= 11 is 3.62. The SMILES string of the molecule is COCc1cc(C(C)(C)C)cc(COC)c1Br.COCc1cc(C(C)(C)C)cc(COC)c1SSc1c(CCO)cc(C(C)(C)C)cc1CCO. The van der Waals surface area contributed by atoms with E-state index in [9.17, 15) is 10.2 Å². The monoisotopic (exact) mass is 806 g/mol. The van der Waals surface area contributed by atoms with Gasteiger partial charge in [0.15, 0.2) is 0 Å². The number of aliphatic hydroxyl groups excluding tert-OH is 2. The standard InChI is InChI=1S/C28H42O4S2.C14H21BrO2/c1-27(2,3)23-13-19(9-11-29)25(20(14-23)10-12-30)33-34-26-21(17-31-7)15-24(28(4,5)6)16-22(26)18-32-8;1-14(2,3)12-6-10(8-16-4)13(15)11(7-12)9-17-5/h13-16,29-30H,9-12,17-18H2,1-8H3;6-7H,8-9H2,1-5H3. The van der Waals surface area contributed by atoms with E-state index in [4.69, 9.17) is 18.9 Å². The molecule has 9 heteroatoms. The van der Waals surface area contributed by atoms with Crippen molar-refractivity contribution in [3.8, 4) is 0 Å². The number of hydrogen-bond acceptors (Lipinski definition) is 8. The van der Waals surface area contributed by atoms with Crippen LogP contribution in [0.3, 0.4) is 0 Å². The molecule has 3 aromatic carbocycles. The van der Waals surface area contributed by atoms with Crippen LogP contribution < -0.4 is 0 Å². The first-order chi connectivity index (χ1) is 23.9. The van der Waals surface area contributed by atoms with Crippen LogP contribution in [0.1, 0.15) is 112 Å². The summed E-state index contributed by atoms with van der Waals surface area (Å²) in [5.74, 6) is 0. The Balaban J connectivity index is 0.000000444. The van der Waals surface area contributed by atoms with Crippen molar-refractivity contribution < 1.29 is 29.2 Å². The van der Waals surface area contributed by atoms with Crippen LogP contribution in [0.5, 0.6) is 0 Å². The molecule has 2 N–H and O–H groups in total. The van der Waals surface area contributed by atoms with Gasteiger partial charge in [0.1, 0.15) is 0 Å². The highest BCUT2D eigenvalue weighted by Gasteiger charge is 2.23. The number of halogens is 1. The van der Waals surface area contributed by atoms with E-state index in [2.05, 4.69) is 115 Å². The largest absolute Gasteiger partial charge is 0.396 e. The number of hydrogen-bond donors (Lipinski definition) is 2. The first-order valence-electron chi connectivity index (χ1n) is 17.5. The average molecular weight is 808 g/mol. The predicted molar refractivity (Wildman–Crippen MR) is 219 cm³/mol. The molecule has 0 bridgehead atoms. The first-order valence-corrected chi connectivity index (χ1v) is 20.5. The van der Waals surface area contributed by atoms with Crippen molar-refractivity contribution in [2.75, 3.05) is 41.7 Å². The van der Waals surface area contributed by atoms with Crippen molar-refractivity contribution in [3.63, 3.8) is 0 Å². The van der Waals surface area contributed by atoms with Crippen molar-refractivity contribution in [2.24, 2.45) is 0 Å². The van der Waals surface area contributed by atoms with E-state index >= 15 is 0 Å². The minimum atomic E-state index is -0.00912. The van der Waals surface area contributed by atoms with Crippen molar-refractivity contribution in [2.45, 2.75) is 128 Å². The van der Waals surface area contributed by atoms with E-state index in [1.54, 1.807) is 50.0 Å². The molecule has 0 saturated carbocycles. The van der Waals surface area contributed by atoms with Gasteiger partial charge in [-0.05, 0) is 79.2 Å². The molecule has 0 atom stereocenters. The number of ether oxygens (including phenoxy) is 4. The number of benzene rings is 3. The zero-order valence-corrected chi connectivity index (χ0v) is 36.6. The second-order valence-corrected chi connectivity index (χ2v) is 18.9. The van der Waals surface area contributed by atoms with Gasteiger partial charge in [0.05, 0.1) is 26.4 Å². The summed E-state index contributed by atoms with van der Waals surface area (Å²) < 4.78 is 22.7. The maximum Gasteiger partial charge on any atom is 0.0724 e. The molecule has 3 rings (SSSR count). The molecule has 0 saturated heterocycles. The number of aliphatic hydroxyl groups is 2. The Hall–Kier alpha value is -1.40. The lowest BCUT2D eigenvalue weighted by atomic mass is 9.84. The van der Waals surface area contributed by atoms with Gasteiger partial charge in [-0.15, -0.1) is 0 Å². The van der Waals surface area contributed by atoms with Gasteiger partial charge >= 0.3 is 0 Å². The van der Waals surface area contributed by atoms with Crippen LogP contribution >= 0.6 is 37.5 Å². The van der Waals surface area contributed by atoms with Crippen LogP contribution in [0.25, 0.3) is 0 Å². The van der Waals surface area contributed by atoms with Gasteiger partial charge in [0.25, 0.3) is 0 Å². The molecule has 3 aromatic rings. The summed E-state index contributed by atoms with van der Waals surface area (Å²) in [6, 6.07) is 13.3. The van der Waals surface area contributed by atoms with Crippen molar-refractivity contribution in [1.82, 2.24) is 0 Å². The molecule has 0 aliphatic rings. The van der Waals surface area contributed by atoms with Gasteiger partial charge in [-0.2, -0.15) is 0 Å². The lowest BCUT2D eigenvalue weighted by molar-refractivity contribution is 0.176. The van der Waals surface area contributed by atoms with E-state index < -0.39 is 0 Å². The normalized spacial score (nSPS) is 12.2. The zero-order chi connectivity index (χ0) is 38.6. The highest BCUT2D eigenvalue weighted by Crippen LogP contribution is 2.46. The summed E-state index contributed by atoms with van der Waals surface area (Å²) in [6.45, 7) is 22.3. The van der Waals surface area contributed by atoms with Crippen molar-refractivity contribution >= 4 is 37.5 Å². The second kappa shape index (κ2) is 20.9. The smallest absolute Gasteiger partial charge is 0.0724 e. The fraction of sp³-hybridized carbons (Fsp3) is 0.571. The fourth-order valence-electron chi connectivity index (χ4n) is 5.51. The molecule has 0 aliphatic heterocycles. The van der Waals surface area contributed by atoms with Crippen LogP contribution in [0.2, 0.25) is 0 Å². The highest BCUT2D eigenvalue weighted by atomic mass is 79.9. The summed E-state index contributed by atoms with van der Waals surface area (Å²) in [7, 11) is 10.3. The van der Waals surface area contributed by atoms with Crippen LogP contribution in [-0.2, 0) is 74.5 Å². The van der Waals surface area contributed by atoms with Gasteiger partial charge in [-0.1, -0.05) is 136 Å². The summed E-state index contributed by atoms with van der Waals surface area (Å²) in [6.07, 6.45) is 1.17. The van der Waals surface area contributed by atoms with Gasteiger partial charge in [0, 0.05) is 55.9 Å².